The lowest BCUT2D eigenvalue weighted by Crippen LogP contribution is -2.31. The van der Waals surface area contributed by atoms with Crippen LogP contribution in [0.15, 0.2) is 94.8 Å². The fourth-order valence-electron chi connectivity index (χ4n) is 6.13. The molecule has 3 heterocycles. The van der Waals surface area contributed by atoms with Crippen molar-refractivity contribution in [3.05, 3.63) is 118 Å². The Morgan fingerprint density at radius 1 is 1.02 bits per heavy atom. The van der Waals surface area contributed by atoms with E-state index in [9.17, 15) is 0 Å². The lowest BCUT2D eigenvalue weighted by atomic mass is 9.88. The third kappa shape index (κ3) is 7.16. The van der Waals surface area contributed by atoms with Crippen molar-refractivity contribution in [2.75, 3.05) is 31.5 Å². The predicted molar refractivity (Wildman–Crippen MR) is 184 cm³/mol. The number of aromatic nitrogens is 1. The Balaban J connectivity index is 1.32. The molecular formula is C37H40ClN3O3S. The van der Waals surface area contributed by atoms with E-state index in [-0.39, 0.29) is 24.1 Å². The summed E-state index contributed by atoms with van der Waals surface area (Å²) in [4.78, 5) is 13.5. The van der Waals surface area contributed by atoms with Gasteiger partial charge in [0.2, 0.25) is 0 Å². The number of nitrogens with zero attached hydrogens (tertiary/aromatic N) is 3. The number of pyridine rings is 1. The largest absolute Gasteiger partial charge is 0.493 e. The zero-order chi connectivity index (χ0) is 31.3. The molecular weight excluding hydrogens is 602 g/mol. The molecule has 234 valence electrons. The molecule has 0 amide bonds. The molecule has 8 heteroatoms. The van der Waals surface area contributed by atoms with Crippen molar-refractivity contribution < 1.29 is 14.2 Å². The van der Waals surface area contributed by atoms with Crippen LogP contribution in [0.3, 0.4) is 0 Å². The van der Waals surface area contributed by atoms with Gasteiger partial charge in [-0.1, -0.05) is 72.3 Å². The molecule has 0 unspecified atom stereocenters. The molecule has 0 aliphatic carbocycles. The number of aliphatic imine (C=N–C) groups is 1. The zero-order valence-corrected chi connectivity index (χ0v) is 27.9. The smallest absolute Gasteiger partial charge is 0.185 e. The first-order valence-corrected chi connectivity index (χ1v) is 17.1. The number of fused-ring (bicyclic) bond motifs is 1. The molecule has 0 bridgehead atoms. The molecule has 2 aliphatic heterocycles. The molecule has 0 radical (unpaired) electrons. The quantitative estimate of drug-likeness (QED) is 0.114. The number of halogens is 1. The molecule has 0 spiro atoms. The lowest BCUT2D eigenvalue weighted by Gasteiger charge is -2.29. The van der Waals surface area contributed by atoms with E-state index in [4.69, 9.17) is 35.8 Å². The molecule has 0 saturated carbocycles. The highest BCUT2D eigenvalue weighted by atomic mass is 35.5. The lowest BCUT2D eigenvalue weighted by molar-refractivity contribution is 0.118. The maximum atomic E-state index is 7.09. The third-order valence-corrected chi connectivity index (χ3v) is 9.60. The van der Waals surface area contributed by atoms with Crippen LogP contribution in [0.4, 0.5) is 5.82 Å². The minimum absolute atomic E-state index is 0.130. The Morgan fingerprint density at radius 3 is 2.53 bits per heavy atom. The van der Waals surface area contributed by atoms with Crippen LogP contribution in [0.5, 0.6) is 5.75 Å². The van der Waals surface area contributed by atoms with Crippen molar-refractivity contribution in [2.45, 2.75) is 62.2 Å². The van der Waals surface area contributed by atoms with Crippen LogP contribution < -0.4 is 9.64 Å². The van der Waals surface area contributed by atoms with E-state index >= 15 is 0 Å². The van der Waals surface area contributed by atoms with E-state index in [0.29, 0.717) is 30.7 Å². The second-order valence-corrected chi connectivity index (χ2v) is 13.1. The van der Waals surface area contributed by atoms with Crippen LogP contribution in [0.2, 0.25) is 5.15 Å². The summed E-state index contributed by atoms with van der Waals surface area (Å²) in [5.74, 6) is 2.34. The van der Waals surface area contributed by atoms with Crippen molar-refractivity contribution in [1.29, 1.82) is 0 Å². The normalized spacial score (nSPS) is 17.9. The van der Waals surface area contributed by atoms with Gasteiger partial charge in [-0.15, -0.1) is 11.8 Å². The molecule has 0 saturated heterocycles. The number of anilines is 1. The number of hydrogen-bond donors (Lipinski definition) is 0. The molecule has 2 aliphatic rings. The molecule has 0 fully saturated rings. The molecule has 45 heavy (non-hydrogen) atoms. The fourth-order valence-corrected chi connectivity index (χ4v) is 6.82. The predicted octanol–water partition coefficient (Wildman–Crippen LogP) is 8.51. The average molecular weight is 642 g/mol. The Kier molecular flexibility index (Phi) is 9.98. The maximum absolute atomic E-state index is 7.09. The van der Waals surface area contributed by atoms with Crippen LogP contribution >= 0.6 is 23.4 Å². The summed E-state index contributed by atoms with van der Waals surface area (Å²) in [5, 5.41) is 0.480. The minimum Gasteiger partial charge on any atom is -0.493 e. The van der Waals surface area contributed by atoms with E-state index in [1.165, 1.54) is 16.0 Å². The van der Waals surface area contributed by atoms with Gasteiger partial charge in [-0.25, -0.2) is 9.98 Å². The Labute approximate surface area is 275 Å². The van der Waals surface area contributed by atoms with Crippen molar-refractivity contribution in [2.24, 2.45) is 4.99 Å². The highest BCUT2D eigenvalue weighted by molar-refractivity contribution is 7.98. The van der Waals surface area contributed by atoms with Gasteiger partial charge in [0, 0.05) is 43.4 Å². The van der Waals surface area contributed by atoms with E-state index in [1.54, 1.807) is 18.9 Å². The van der Waals surface area contributed by atoms with Gasteiger partial charge in [-0.2, -0.15) is 0 Å². The first kappa shape index (κ1) is 31.5. The molecule has 0 N–H and O–H groups in total. The number of methoxy groups -OCH3 is 1. The van der Waals surface area contributed by atoms with Crippen molar-refractivity contribution in [3.63, 3.8) is 0 Å². The van der Waals surface area contributed by atoms with E-state index < -0.39 is 0 Å². The Bertz CT molecular complexity index is 1630. The van der Waals surface area contributed by atoms with E-state index in [2.05, 4.69) is 104 Å². The van der Waals surface area contributed by atoms with Crippen molar-refractivity contribution in [3.8, 4) is 5.75 Å². The Morgan fingerprint density at radius 2 is 1.82 bits per heavy atom. The summed E-state index contributed by atoms with van der Waals surface area (Å²) in [6, 6.07) is 29.8. The topological polar surface area (TPSA) is 56.2 Å². The van der Waals surface area contributed by atoms with Crippen LogP contribution in [0.1, 0.15) is 60.1 Å². The van der Waals surface area contributed by atoms with Gasteiger partial charge < -0.3 is 19.1 Å². The number of hydrogen-bond acceptors (Lipinski definition) is 7. The van der Waals surface area contributed by atoms with Gasteiger partial charge in [-0.05, 0) is 72.2 Å². The van der Waals surface area contributed by atoms with Crippen LogP contribution in [0.25, 0.3) is 0 Å². The summed E-state index contributed by atoms with van der Waals surface area (Å²) in [6.45, 7) is 6.28. The second kappa shape index (κ2) is 14.3. The standard InChI is InChI=1S/C37H40ClN3O3S/c1-24(2)41(22-25-8-6-5-7-9-25)34-17-16-30(37(38)40-34)31(28-11-10-26-18-19-43-33(26)20-28)21-35-39-32(23-42-3)36(44-35)27-12-14-29(45-4)15-13-27/h5-17,20,24,31-32,36H,18-19,21-23H2,1-4H3/t31-,32-,36-/m0/s1. The molecule has 6 rings (SSSR count). The zero-order valence-electron chi connectivity index (χ0n) is 26.3. The summed E-state index contributed by atoms with van der Waals surface area (Å²) in [7, 11) is 1.71. The van der Waals surface area contributed by atoms with Gasteiger partial charge >= 0.3 is 0 Å². The van der Waals surface area contributed by atoms with Crippen molar-refractivity contribution >= 4 is 35.1 Å². The van der Waals surface area contributed by atoms with Gasteiger partial charge in [-0.3, -0.25) is 0 Å². The SMILES string of the molecule is COC[C@@H]1N=C(C[C@@H](c2ccc3c(c2)OCC3)c2ccc(N(Cc3ccccc3)C(C)C)nc2Cl)O[C@H]1c1ccc(SC)cc1. The molecule has 3 aromatic carbocycles. The summed E-state index contributed by atoms with van der Waals surface area (Å²) in [5.41, 5.74) is 5.58. The summed E-state index contributed by atoms with van der Waals surface area (Å²) in [6.07, 6.45) is 3.33. The number of rotatable bonds is 12. The molecule has 3 atom stereocenters. The highest BCUT2D eigenvalue weighted by Gasteiger charge is 2.35. The molecule has 1 aromatic heterocycles. The monoisotopic (exact) mass is 641 g/mol. The highest BCUT2D eigenvalue weighted by Crippen LogP contribution is 2.40. The Hall–Kier alpha value is -3.52. The minimum atomic E-state index is -0.214. The average Bonchev–Trinajstić information content (AvgIpc) is 3.70. The first-order chi connectivity index (χ1) is 21.9. The summed E-state index contributed by atoms with van der Waals surface area (Å²) < 4.78 is 18.1. The number of benzene rings is 3. The fraction of sp³-hybridized carbons (Fsp3) is 0.351. The molecule has 6 nitrogen and oxygen atoms in total. The van der Waals surface area contributed by atoms with Gasteiger partial charge in [0.25, 0.3) is 0 Å². The van der Waals surface area contributed by atoms with Gasteiger partial charge in [0.05, 0.1) is 13.2 Å². The van der Waals surface area contributed by atoms with Crippen LogP contribution in [-0.2, 0) is 22.4 Å². The number of ether oxygens (including phenoxy) is 3. The molecule has 4 aromatic rings. The van der Waals surface area contributed by atoms with Gasteiger partial charge in [0.15, 0.2) is 5.90 Å². The first-order valence-electron chi connectivity index (χ1n) is 15.5. The van der Waals surface area contributed by atoms with E-state index in [0.717, 1.165) is 41.2 Å². The third-order valence-electron chi connectivity index (χ3n) is 8.56. The van der Waals surface area contributed by atoms with E-state index in [1.807, 2.05) is 6.07 Å². The second-order valence-electron chi connectivity index (χ2n) is 11.8. The maximum Gasteiger partial charge on any atom is 0.185 e. The van der Waals surface area contributed by atoms with Crippen LogP contribution in [-0.4, -0.2) is 49.5 Å². The van der Waals surface area contributed by atoms with Gasteiger partial charge in [0.1, 0.15) is 28.9 Å². The van der Waals surface area contributed by atoms with Crippen LogP contribution in [0, 0.1) is 0 Å². The number of thioether (sulfide) groups is 1. The summed E-state index contributed by atoms with van der Waals surface area (Å²) >= 11 is 8.81. The van der Waals surface area contributed by atoms with Crippen molar-refractivity contribution in [1.82, 2.24) is 4.98 Å².